The van der Waals surface area contributed by atoms with Gasteiger partial charge in [-0.1, -0.05) is 15.9 Å². The first-order chi connectivity index (χ1) is 11.5. The Morgan fingerprint density at radius 2 is 1.88 bits per heavy atom. The molecule has 2 aromatic rings. The first-order valence-corrected chi connectivity index (χ1v) is 11.2. The van der Waals surface area contributed by atoms with Gasteiger partial charge in [-0.05, 0) is 78.5 Å². The van der Waals surface area contributed by atoms with Crippen LogP contribution in [0.1, 0.15) is 18.4 Å². The predicted octanol–water partition coefficient (Wildman–Crippen LogP) is 3.70. The van der Waals surface area contributed by atoms with Crippen molar-refractivity contribution >= 4 is 37.3 Å². The van der Waals surface area contributed by atoms with Crippen molar-refractivity contribution < 1.29 is 8.42 Å². The number of hydrogen-bond acceptors (Lipinski definition) is 4. The van der Waals surface area contributed by atoms with Crippen LogP contribution in [0.15, 0.2) is 50.5 Å². The molecule has 3 rings (SSSR count). The molecule has 1 fully saturated rings. The molecule has 1 N–H and O–H groups in total. The summed E-state index contributed by atoms with van der Waals surface area (Å²) in [5, 5.41) is 4.30. The van der Waals surface area contributed by atoms with Gasteiger partial charge in [0.05, 0.1) is 4.90 Å². The molecule has 1 aliphatic rings. The van der Waals surface area contributed by atoms with Gasteiger partial charge in [-0.3, -0.25) is 4.90 Å². The van der Waals surface area contributed by atoms with E-state index in [-0.39, 0.29) is 0 Å². The number of piperidine rings is 1. The van der Waals surface area contributed by atoms with Crippen molar-refractivity contribution in [2.24, 2.45) is 5.92 Å². The third kappa shape index (κ3) is 4.89. The van der Waals surface area contributed by atoms with Crippen molar-refractivity contribution in [2.45, 2.75) is 24.3 Å². The van der Waals surface area contributed by atoms with Gasteiger partial charge in [-0.25, -0.2) is 13.1 Å². The minimum atomic E-state index is -3.41. The first kappa shape index (κ1) is 18.1. The maximum atomic E-state index is 12.3. The molecule has 1 saturated heterocycles. The molecule has 0 amide bonds. The molecule has 24 heavy (non-hydrogen) atoms. The molecule has 1 aromatic carbocycles. The van der Waals surface area contributed by atoms with E-state index in [1.807, 2.05) is 0 Å². The van der Waals surface area contributed by atoms with Gasteiger partial charge in [0.2, 0.25) is 10.0 Å². The highest BCUT2D eigenvalue weighted by atomic mass is 79.9. The lowest BCUT2D eigenvalue weighted by atomic mass is 9.97. The van der Waals surface area contributed by atoms with Gasteiger partial charge in [0.15, 0.2) is 0 Å². The smallest absolute Gasteiger partial charge is 0.240 e. The van der Waals surface area contributed by atoms with Gasteiger partial charge in [-0.15, -0.1) is 0 Å². The van der Waals surface area contributed by atoms with Crippen LogP contribution in [0.25, 0.3) is 0 Å². The van der Waals surface area contributed by atoms with Crippen LogP contribution in [0.2, 0.25) is 0 Å². The molecule has 0 radical (unpaired) electrons. The third-order valence-corrected chi connectivity index (χ3v) is 7.08. The molecule has 0 unspecified atom stereocenters. The Kier molecular flexibility index (Phi) is 6.10. The van der Waals surface area contributed by atoms with Crippen molar-refractivity contribution in [1.82, 2.24) is 9.62 Å². The largest absolute Gasteiger partial charge is 0.299 e. The van der Waals surface area contributed by atoms with Crippen LogP contribution in [0.3, 0.4) is 0 Å². The van der Waals surface area contributed by atoms with Crippen LogP contribution in [0.5, 0.6) is 0 Å². The Morgan fingerprint density at radius 3 is 2.50 bits per heavy atom. The van der Waals surface area contributed by atoms with Crippen molar-refractivity contribution in [2.75, 3.05) is 19.6 Å². The van der Waals surface area contributed by atoms with Crippen LogP contribution >= 0.6 is 27.3 Å². The Bertz CT molecular complexity index is 737. The molecule has 130 valence electrons. The molecule has 0 bridgehead atoms. The minimum Gasteiger partial charge on any atom is -0.299 e. The zero-order chi connectivity index (χ0) is 17.0. The minimum absolute atomic E-state index is 0.320. The van der Waals surface area contributed by atoms with Gasteiger partial charge in [0.25, 0.3) is 0 Å². The summed E-state index contributed by atoms with van der Waals surface area (Å²) in [6.07, 6.45) is 2.07. The topological polar surface area (TPSA) is 49.4 Å². The van der Waals surface area contributed by atoms with Crippen LogP contribution in [-0.2, 0) is 16.6 Å². The SMILES string of the molecule is O=S(=O)(NCC1CCN(Cc2ccsc2)CC1)c1ccc(Br)cc1. The van der Waals surface area contributed by atoms with Gasteiger partial charge in [0, 0.05) is 17.6 Å². The molecule has 0 atom stereocenters. The quantitative estimate of drug-likeness (QED) is 0.762. The Hall–Kier alpha value is -0.730. The third-order valence-electron chi connectivity index (χ3n) is 4.38. The van der Waals surface area contributed by atoms with Crippen LogP contribution in [0, 0.1) is 5.92 Å². The van der Waals surface area contributed by atoms with E-state index in [0.717, 1.165) is 36.9 Å². The second kappa shape index (κ2) is 8.10. The van der Waals surface area contributed by atoms with E-state index < -0.39 is 10.0 Å². The molecular formula is C17H21BrN2O2S2. The molecule has 4 nitrogen and oxygen atoms in total. The molecule has 1 aliphatic heterocycles. The summed E-state index contributed by atoms with van der Waals surface area (Å²) >= 11 is 5.05. The van der Waals surface area contributed by atoms with Crippen LogP contribution in [0.4, 0.5) is 0 Å². The number of halogens is 1. The standard InChI is InChI=1S/C17H21BrN2O2S2/c18-16-1-3-17(4-2-16)24(21,22)19-11-14-5-8-20(9-6-14)12-15-7-10-23-13-15/h1-4,7,10,13-14,19H,5-6,8-9,11-12H2. The number of thiophene rings is 1. The van der Waals surface area contributed by atoms with Gasteiger partial charge < -0.3 is 0 Å². The zero-order valence-corrected chi connectivity index (χ0v) is 16.5. The van der Waals surface area contributed by atoms with E-state index >= 15 is 0 Å². The molecule has 7 heteroatoms. The van der Waals surface area contributed by atoms with Gasteiger partial charge >= 0.3 is 0 Å². The summed E-state index contributed by atoms with van der Waals surface area (Å²) in [7, 11) is -3.41. The predicted molar refractivity (Wildman–Crippen MR) is 102 cm³/mol. The molecular weight excluding hydrogens is 408 g/mol. The van der Waals surface area contributed by atoms with Crippen molar-refractivity contribution in [3.8, 4) is 0 Å². The maximum absolute atomic E-state index is 12.3. The summed E-state index contributed by atoms with van der Waals surface area (Å²) in [6.45, 7) is 3.58. The highest BCUT2D eigenvalue weighted by molar-refractivity contribution is 9.10. The van der Waals surface area contributed by atoms with Crippen molar-refractivity contribution in [3.63, 3.8) is 0 Å². The number of nitrogens with one attached hydrogen (secondary N) is 1. The normalized spacial score (nSPS) is 17.2. The number of rotatable bonds is 6. The Labute approximate surface area is 156 Å². The average Bonchev–Trinajstić information content (AvgIpc) is 3.08. The van der Waals surface area contributed by atoms with Crippen LogP contribution < -0.4 is 4.72 Å². The summed E-state index contributed by atoms with van der Waals surface area (Å²) < 4.78 is 28.3. The fourth-order valence-corrected chi connectivity index (χ4v) is 4.95. The molecule has 0 saturated carbocycles. The number of sulfonamides is 1. The Balaban J connectivity index is 1.47. The molecule has 0 aliphatic carbocycles. The molecule has 1 aromatic heterocycles. The van der Waals surface area contributed by atoms with E-state index in [4.69, 9.17) is 0 Å². The lowest BCUT2D eigenvalue weighted by Gasteiger charge is -2.31. The summed E-state index contributed by atoms with van der Waals surface area (Å²) in [5.41, 5.74) is 1.37. The molecule has 0 spiro atoms. The highest BCUT2D eigenvalue weighted by Crippen LogP contribution is 2.20. The average molecular weight is 429 g/mol. The lowest BCUT2D eigenvalue weighted by Crippen LogP contribution is -2.38. The number of likely N-dealkylation sites (tertiary alicyclic amines) is 1. The number of benzene rings is 1. The lowest BCUT2D eigenvalue weighted by molar-refractivity contribution is 0.179. The first-order valence-electron chi connectivity index (χ1n) is 8.01. The van der Waals surface area contributed by atoms with Gasteiger partial charge in [0.1, 0.15) is 0 Å². The highest BCUT2D eigenvalue weighted by Gasteiger charge is 2.22. The maximum Gasteiger partial charge on any atom is 0.240 e. The Morgan fingerprint density at radius 1 is 1.17 bits per heavy atom. The van der Waals surface area contributed by atoms with Gasteiger partial charge in [-0.2, -0.15) is 11.3 Å². The van der Waals surface area contributed by atoms with E-state index in [9.17, 15) is 8.42 Å². The summed E-state index contributed by atoms with van der Waals surface area (Å²) in [4.78, 5) is 2.77. The van der Waals surface area contributed by atoms with E-state index in [1.54, 1.807) is 35.6 Å². The number of hydrogen-bond donors (Lipinski definition) is 1. The second-order valence-electron chi connectivity index (χ2n) is 6.16. The molecule has 2 heterocycles. The fraction of sp³-hybridized carbons (Fsp3) is 0.412. The summed E-state index contributed by atoms with van der Waals surface area (Å²) in [6, 6.07) is 8.91. The number of nitrogens with zero attached hydrogens (tertiary/aromatic N) is 1. The van der Waals surface area contributed by atoms with Crippen molar-refractivity contribution in [3.05, 3.63) is 51.1 Å². The summed E-state index contributed by atoms with van der Waals surface area (Å²) in [5.74, 6) is 0.411. The zero-order valence-electron chi connectivity index (χ0n) is 13.3. The van der Waals surface area contributed by atoms with E-state index in [2.05, 4.69) is 42.4 Å². The van der Waals surface area contributed by atoms with Crippen molar-refractivity contribution in [1.29, 1.82) is 0 Å². The monoisotopic (exact) mass is 428 g/mol. The van der Waals surface area contributed by atoms with E-state index in [1.165, 1.54) is 5.56 Å². The van der Waals surface area contributed by atoms with Crippen LogP contribution in [-0.4, -0.2) is 33.0 Å². The fourth-order valence-electron chi connectivity index (χ4n) is 2.91. The van der Waals surface area contributed by atoms with E-state index in [0.29, 0.717) is 17.4 Å². The second-order valence-corrected chi connectivity index (χ2v) is 9.62.